The molecule has 0 saturated carbocycles. The zero-order valence-electron chi connectivity index (χ0n) is 17.8. The third kappa shape index (κ3) is 4.74. The number of methoxy groups -OCH3 is 1. The summed E-state index contributed by atoms with van der Waals surface area (Å²) < 4.78 is 10.5. The summed E-state index contributed by atoms with van der Waals surface area (Å²) in [5.74, 6) is -2.38. The summed E-state index contributed by atoms with van der Waals surface area (Å²) in [5.41, 5.74) is 2.66. The van der Waals surface area contributed by atoms with Crippen LogP contribution in [0.15, 0.2) is 48.5 Å². The Hall–Kier alpha value is -3.43. The van der Waals surface area contributed by atoms with E-state index in [1.807, 2.05) is 48.5 Å². The lowest BCUT2D eigenvalue weighted by Crippen LogP contribution is -2.62. The molecule has 4 N–H and O–H groups in total. The second-order valence-corrected chi connectivity index (χ2v) is 7.76. The van der Waals surface area contributed by atoms with E-state index in [0.717, 1.165) is 22.3 Å². The van der Waals surface area contributed by atoms with Crippen LogP contribution in [0.25, 0.3) is 11.1 Å². The molecule has 1 aliphatic carbocycles. The van der Waals surface area contributed by atoms with Gasteiger partial charge in [-0.15, -0.1) is 0 Å². The van der Waals surface area contributed by atoms with Crippen molar-refractivity contribution in [2.75, 3.05) is 26.9 Å². The predicted octanol–water partition coefficient (Wildman–Crippen LogP) is 1.49. The zero-order valence-corrected chi connectivity index (χ0v) is 17.8. The number of rotatable bonds is 9. The Morgan fingerprint density at radius 3 is 2.12 bits per heavy atom. The third-order valence-electron chi connectivity index (χ3n) is 5.44. The number of carbonyl (C=O) groups is 3. The van der Waals surface area contributed by atoms with E-state index >= 15 is 0 Å². The number of carboxylic acid groups (broad SMARTS) is 1. The smallest absolute Gasteiger partial charge is 0.408 e. The SMILES string of the molecule is COCC(C)(NC(=O)OCC1c2ccccc2-c2ccccc21)C(=O)NC(CO)C(=O)O. The van der Waals surface area contributed by atoms with Crippen molar-refractivity contribution in [2.45, 2.75) is 24.4 Å². The minimum Gasteiger partial charge on any atom is -0.480 e. The van der Waals surface area contributed by atoms with Gasteiger partial charge in [-0.1, -0.05) is 48.5 Å². The minimum absolute atomic E-state index is 0.0545. The fraction of sp³-hybridized carbons (Fsp3) is 0.348. The highest BCUT2D eigenvalue weighted by Gasteiger charge is 2.38. The summed E-state index contributed by atoms with van der Waals surface area (Å²) in [5, 5.41) is 22.8. The van der Waals surface area contributed by atoms with Crippen molar-refractivity contribution in [3.05, 3.63) is 59.7 Å². The molecule has 0 aliphatic heterocycles. The molecular weight excluding hydrogens is 416 g/mol. The summed E-state index contributed by atoms with van der Waals surface area (Å²) in [4.78, 5) is 36.3. The van der Waals surface area contributed by atoms with Crippen molar-refractivity contribution in [1.29, 1.82) is 0 Å². The number of benzene rings is 2. The Bertz CT molecular complexity index is 964. The van der Waals surface area contributed by atoms with E-state index in [4.69, 9.17) is 19.7 Å². The van der Waals surface area contributed by atoms with Crippen LogP contribution in [-0.4, -0.2) is 66.7 Å². The van der Waals surface area contributed by atoms with E-state index in [0.29, 0.717) is 0 Å². The molecule has 32 heavy (non-hydrogen) atoms. The lowest BCUT2D eigenvalue weighted by atomic mass is 9.98. The topological polar surface area (TPSA) is 134 Å². The predicted molar refractivity (Wildman–Crippen MR) is 115 cm³/mol. The van der Waals surface area contributed by atoms with Gasteiger partial charge in [0.1, 0.15) is 18.2 Å². The van der Waals surface area contributed by atoms with E-state index in [9.17, 15) is 14.4 Å². The van der Waals surface area contributed by atoms with Crippen molar-refractivity contribution in [1.82, 2.24) is 10.6 Å². The monoisotopic (exact) mass is 442 g/mol. The number of aliphatic hydroxyl groups is 1. The Morgan fingerprint density at radius 1 is 1.06 bits per heavy atom. The van der Waals surface area contributed by atoms with Gasteiger partial charge in [-0.05, 0) is 29.2 Å². The highest BCUT2D eigenvalue weighted by Crippen LogP contribution is 2.44. The summed E-state index contributed by atoms with van der Waals surface area (Å²) in [6.45, 7) is 0.401. The maximum Gasteiger partial charge on any atom is 0.408 e. The number of amides is 2. The van der Waals surface area contributed by atoms with Gasteiger partial charge in [-0.3, -0.25) is 4.79 Å². The first-order chi connectivity index (χ1) is 15.3. The maximum absolute atomic E-state index is 12.6. The number of carboxylic acids is 1. The van der Waals surface area contributed by atoms with Crippen molar-refractivity contribution in [3.8, 4) is 11.1 Å². The Labute approximate surface area is 185 Å². The molecule has 3 rings (SSSR count). The summed E-state index contributed by atoms with van der Waals surface area (Å²) >= 11 is 0. The largest absolute Gasteiger partial charge is 0.480 e. The number of hydrogen-bond acceptors (Lipinski definition) is 6. The zero-order chi connectivity index (χ0) is 23.3. The molecule has 0 heterocycles. The molecule has 9 nitrogen and oxygen atoms in total. The van der Waals surface area contributed by atoms with E-state index in [2.05, 4.69) is 10.6 Å². The van der Waals surface area contributed by atoms with Crippen molar-refractivity contribution < 1.29 is 34.1 Å². The van der Waals surface area contributed by atoms with Gasteiger partial charge in [0.25, 0.3) is 0 Å². The van der Waals surface area contributed by atoms with Crippen LogP contribution in [0.3, 0.4) is 0 Å². The van der Waals surface area contributed by atoms with Gasteiger partial charge in [0.2, 0.25) is 5.91 Å². The summed E-state index contributed by atoms with van der Waals surface area (Å²) in [7, 11) is 1.34. The van der Waals surface area contributed by atoms with Crippen molar-refractivity contribution in [3.63, 3.8) is 0 Å². The van der Waals surface area contributed by atoms with Crippen LogP contribution in [0.4, 0.5) is 4.79 Å². The van der Waals surface area contributed by atoms with Gasteiger partial charge < -0.3 is 30.3 Å². The third-order valence-corrected chi connectivity index (χ3v) is 5.44. The van der Waals surface area contributed by atoms with E-state index in [-0.39, 0.29) is 19.1 Å². The Balaban J connectivity index is 1.70. The molecule has 2 unspecified atom stereocenters. The Morgan fingerprint density at radius 2 is 1.62 bits per heavy atom. The number of carbonyl (C=O) groups excluding carboxylic acids is 2. The normalized spacial score (nSPS) is 15.1. The molecular formula is C23H26N2O7. The van der Waals surface area contributed by atoms with E-state index in [1.54, 1.807) is 0 Å². The van der Waals surface area contributed by atoms with Crippen LogP contribution >= 0.6 is 0 Å². The van der Waals surface area contributed by atoms with Gasteiger partial charge in [-0.25, -0.2) is 9.59 Å². The summed E-state index contributed by atoms with van der Waals surface area (Å²) in [6.07, 6.45) is -0.850. The second kappa shape index (κ2) is 9.80. The lowest BCUT2D eigenvalue weighted by molar-refractivity contribution is -0.144. The van der Waals surface area contributed by atoms with Crippen LogP contribution in [0, 0.1) is 0 Å². The maximum atomic E-state index is 12.6. The highest BCUT2D eigenvalue weighted by atomic mass is 16.5. The van der Waals surface area contributed by atoms with E-state index in [1.165, 1.54) is 14.0 Å². The molecule has 9 heteroatoms. The molecule has 2 aromatic rings. The second-order valence-electron chi connectivity index (χ2n) is 7.76. The first kappa shape index (κ1) is 23.2. The van der Waals surface area contributed by atoms with Gasteiger partial charge >= 0.3 is 12.1 Å². The fourth-order valence-electron chi connectivity index (χ4n) is 3.81. The average molecular weight is 442 g/mol. The molecule has 1 aliphatic rings. The van der Waals surface area contributed by atoms with Gasteiger partial charge in [0, 0.05) is 13.0 Å². The molecule has 0 spiro atoms. The quantitative estimate of drug-likeness (QED) is 0.462. The number of nitrogens with one attached hydrogen (secondary N) is 2. The molecule has 2 atom stereocenters. The van der Waals surface area contributed by atoms with Gasteiger partial charge in [0.05, 0.1) is 13.2 Å². The molecule has 0 bridgehead atoms. The molecule has 2 amide bonds. The highest BCUT2D eigenvalue weighted by molar-refractivity contribution is 5.92. The number of fused-ring (bicyclic) bond motifs is 3. The number of aliphatic carboxylic acids is 1. The van der Waals surface area contributed by atoms with Crippen LogP contribution in [0.5, 0.6) is 0 Å². The van der Waals surface area contributed by atoms with Gasteiger partial charge in [0.15, 0.2) is 0 Å². The van der Waals surface area contributed by atoms with Crippen LogP contribution < -0.4 is 10.6 Å². The number of alkyl carbamates (subject to hydrolysis) is 1. The first-order valence-corrected chi connectivity index (χ1v) is 10.1. The molecule has 170 valence electrons. The lowest BCUT2D eigenvalue weighted by Gasteiger charge is -2.29. The average Bonchev–Trinajstić information content (AvgIpc) is 3.09. The molecule has 0 fully saturated rings. The standard InChI is InChI=1S/C23H26N2O7/c1-23(13-31-2,21(29)24-19(11-26)20(27)28)25-22(30)32-12-18-16-9-5-3-7-14(16)15-8-4-6-10-17(15)18/h3-10,18-19,26H,11-13H2,1-2H3,(H,24,29)(H,25,30)(H,27,28). The molecule has 0 saturated heterocycles. The van der Waals surface area contributed by atoms with E-state index < -0.39 is 36.2 Å². The fourth-order valence-corrected chi connectivity index (χ4v) is 3.81. The first-order valence-electron chi connectivity index (χ1n) is 10.1. The van der Waals surface area contributed by atoms with Crippen molar-refractivity contribution in [2.24, 2.45) is 0 Å². The number of aliphatic hydroxyl groups excluding tert-OH is 1. The molecule has 0 radical (unpaired) electrons. The molecule has 2 aromatic carbocycles. The molecule has 0 aromatic heterocycles. The number of hydrogen-bond donors (Lipinski definition) is 4. The van der Waals surface area contributed by atoms with Crippen LogP contribution in [-0.2, 0) is 19.1 Å². The van der Waals surface area contributed by atoms with Crippen LogP contribution in [0.1, 0.15) is 24.0 Å². The van der Waals surface area contributed by atoms with Gasteiger partial charge in [-0.2, -0.15) is 0 Å². The van der Waals surface area contributed by atoms with Crippen LogP contribution in [0.2, 0.25) is 0 Å². The van der Waals surface area contributed by atoms with Crippen molar-refractivity contribution >= 4 is 18.0 Å². The Kier molecular flexibility index (Phi) is 7.12. The summed E-state index contributed by atoms with van der Waals surface area (Å²) in [6, 6.07) is 14.3. The number of ether oxygens (including phenoxy) is 2. The minimum atomic E-state index is -1.61.